The van der Waals surface area contributed by atoms with Gasteiger partial charge in [0.05, 0.1) is 36.9 Å². The molecule has 1 fully saturated rings. The zero-order valence-electron chi connectivity index (χ0n) is 10.2. The summed E-state index contributed by atoms with van der Waals surface area (Å²) >= 11 is 0. The van der Waals surface area contributed by atoms with Crippen LogP contribution in [0.2, 0.25) is 0 Å². The summed E-state index contributed by atoms with van der Waals surface area (Å²) in [5.41, 5.74) is 0.720. The fourth-order valence-electron chi connectivity index (χ4n) is 1.91. The third kappa shape index (κ3) is 2.31. The summed E-state index contributed by atoms with van der Waals surface area (Å²) in [5.74, 6) is -1.09. The second kappa shape index (κ2) is 4.90. The van der Waals surface area contributed by atoms with Crippen molar-refractivity contribution in [1.82, 2.24) is 0 Å². The molecule has 1 aliphatic rings. The first-order valence-corrected chi connectivity index (χ1v) is 5.51. The minimum Gasteiger partial charge on any atom is -0.465 e. The van der Waals surface area contributed by atoms with Crippen LogP contribution in [0.4, 0.5) is 5.69 Å². The van der Waals surface area contributed by atoms with Gasteiger partial charge in [-0.05, 0) is 18.2 Å². The molecule has 0 aliphatic carbocycles. The van der Waals surface area contributed by atoms with Crippen molar-refractivity contribution in [2.45, 2.75) is 6.42 Å². The number of methoxy groups -OCH3 is 1. The number of nitriles is 1. The fraction of sp³-hybridized carbons (Fsp3) is 0.231. The van der Waals surface area contributed by atoms with Crippen LogP contribution in [0.3, 0.4) is 0 Å². The van der Waals surface area contributed by atoms with Crippen molar-refractivity contribution in [2.75, 3.05) is 18.6 Å². The molecule has 0 spiro atoms. The highest BCUT2D eigenvalue weighted by Gasteiger charge is 2.30. The standard InChI is InChI=1S/C13H10N2O4/c1-19-13(18)8-2-3-11(9(4-8)6-14)15-7-10(16)5-12(15)17/h2-4H,5,7H2,1H3. The van der Waals surface area contributed by atoms with Gasteiger partial charge in [-0.25, -0.2) is 4.79 Å². The van der Waals surface area contributed by atoms with Gasteiger partial charge in [0.25, 0.3) is 0 Å². The van der Waals surface area contributed by atoms with E-state index in [9.17, 15) is 14.4 Å². The van der Waals surface area contributed by atoms with E-state index in [1.165, 1.54) is 30.2 Å². The molecule has 2 rings (SSSR count). The zero-order chi connectivity index (χ0) is 14.0. The molecule has 0 N–H and O–H groups in total. The molecule has 0 unspecified atom stereocenters. The van der Waals surface area contributed by atoms with E-state index in [-0.39, 0.29) is 35.8 Å². The highest BCUT2D eigenvalue weighted by Crippen LogP contribution is 2.25. The second-order valence-electron chi connectivity index (χ2n) is 4.03. The number of esters is 1. The summed E-state index contributed by atoms with van der Waals surface area (Å²) in [6.45, 7) is -0.0366. The van der Waals surface area contributed by atoms with Crippen molar-refractivity contribution in [3.63, 3.8) is 0 Å². The van der Waals surface area contributed by atoms with Crippen LogP contribution in [0.1, 0.15) is 22.3 Å². The Kier molecular flexibility index (Phi) is 3.29. The lowest BCUT2D eigenvalue weighted by Crippen LogP contribution is -2.25. The first kappa shape index (κ1) is 12.8. The van der Waals surface area contributed by atoms with E-state index < -0.39 is 5.97 Å². The molecule has 1 amide bonds. The first-order chi connectivity index (χ1) is 9.06. The molecule has 0 atom stereocenters. The van der Waals surface area contributed by atoms with E-state index >= 15 is 0 Å². The van der Waals surface area contributed by atoms with Crippen molar-refractivity contribution in [3.8, 4) is 6.07 Å². The SMILES string of the molecule is COC(=O)c1ccc(N2CC(=O)CC2=O)c(C#N)c1. The van der Waals surface area contributed by atoms with Gasteiger partial charge in [-0.15, -0.1) is 0 Å². The lowest BCUT2D eigenvalue weighted by Gasteiger charge is -2.16. The number of ketones is 1. The van der Waals surface area contributed by atoms with Crippen LogP contribution in [0.15, 0.2) is 18.2 Å². The molecule has 0 radical (unpaired) electrons. The maximum absolute atomic E-state index is 11.6. The molecule has 6 nitrogen and oxygen atoms in total. The van der Waals surface area contributed by atoms with Crippen LogP contribution in [-0.2, 0) is 14.3 Å². The maximum Gasteiger partial charge on any atom is 0.337 e. The minimum absolute atomic E-state index is 0.0366. The normalized spacial score (nSPS) is 14.4. The van der Waals surface area contributed by atoms with Gasteiger partial charge in [0.15, 0.2) is 5.78 Å². The van der Waals surface area contributed by atoms with Gasteiger partial charge >= 0.3 is 5.97 Å². The number of hydrogen-bond donors (Lipinski definition) is 0. The Morgan fingerprint density at radius 3 is 2.68 bits per heavy atom. The summed E-state index contributed by atoms with van der Waals surface area (Å²) in [5, 5.41) is 9.08. The average Bonchev–Trinajstić information content (AvgIpc) is 2.75. The summed E-state index contributed by atoms with van der Waals surface area (Å²) in [4.78, 5) is 35.5. The van der Waals surface area contributed by atoms with Crippen LogP contribution in [0.5, 0.6) is 0 Å². The number of nitrogens with zero attached hydrogens (tertiary/aromatic N) is 2. The topological polar surface area (TPSA) is 87.5 Å². The molecule has 19 heavy (non-hydrogen) atoms. The number of hydrogen-bond acceptors (Lipinski definition) is 5. The molecular formula is C13H10N2O4. The van der Waals surface area contributed by atoms with Gasteiger partial charge in [0.2, 0.25) is 5.91 Å². The minimum atomic E-state index is -0.563. The average molecular weight is 258 g/mol. The number of carbonyl (C=O) groups excluding carboxylic acids is 3. The number of amides is 1. The number of anilines is 1. The summed E-state index contributed by atoms with van der Waals surface area (Å²) < 4.78 is 4.56. The van der Waals surface area contributed by atoms with E-state index in [1.54, 1.807) is 0 Å². The van der Waals surface area contributed by atoms with Gasteiger partial charge in [-0.3, -0.25) is 9.59 Å². The van der Waals surface area contributed by atoms with Crippen LogP contribution < -0.4 is 4.90 Å². The Bertz CT molecular complexity index is 616. The Hall–Kier alpha value is -2.68. The molecule has 0 saturated carbocycles. The number of carbonyl (C=O) groups is 3. The van der Waals surface area contributed by atoms with E-state index in [4.69, 9.17) is 5.26 Å². The number of benzene rings is 1. The Morgan fingerprint density at radius 2 is 2.16 bits per heavy atom. The Morgan fingerprint density at radius 1 is 1.42 bits per heavy atom. The summed E-state index contributed by atoms with van der Waals surface area (Å²) in [6.07, 6.45) is -0.149. The van der Waals surface area contributed by atoms with Gasteiger partial charge in [-0.2, -0.15) is 5.26 Å². The molecule has 1 aromatic carbocycles. The van der Waals surface area contributed by atoms with Crippen molar-refractivity contribution < 1.29 is 19.1 Å². The lowest BCUT2D eigenvalue weighted by molar-refractivity contribution is -0.121. The molecule has 1 aliphatic heterocycles. The second-order valence-corrected chi connectivity index (χ2v) is 4.03. The quantitative estimate of drug-likeness (QED) is 0.574. The summed E-state index contributed by atoms with van der Waals surface area (Å²) in [7, 11) is 1.24. The van der Waals surface area contributed by atoms with Crippen molar-refractivity contribution >= 4 is 23.3 Å². The van der Waals surface area contributed by atoms with E-state index in [1.807, 2.05) is 6.07 Å². The number of ether oxygens (including phenoxy) is 1. The molecule has 1 aromatic rings. The molecule has 6 heteroatoms. The fourth-order valence-corrected chi connectivity index (χ4v) is 1.91. The number of rotatable bonds is 2. The van der Waals surface area contributed by atoms with Crippen LogP contribution >= 0.6 is 0 Å². The monoisotopic (exact) mass is 258 g/mol. The van der Waals surface area contributed by atoms with E-state index in [0.29, 0.717) is 5.69 Å². The molecule has 0 bridgehead atoms. The van der Waals surface area contributed by atoms with Crippen LogP contribution in [0, 0.1) is 11.3 Å². The molecule has 0 aromatic heterocycles. The van der Waals surface area contributed by atoms with Crippen molar-refractivity contribution in [2.24, 2.45) is 0 Å². The van der Waals surface area contributed by atoms with Crippen molar-refractivity contribution in [3.05, 3.63) is 29.3 Å². The van der Waals surface area contributed by atoms with E-state index in [0.717, 1.165) is 0 Å². The zero-order valence-corrected chi connectivity index (χ0v) is 10.2. The highest BCUT2D eigenvalue weighted by atomic mass is 16.5. The van der Waals surface area contributed by atoms with Crippen LogP contribution in [0.25, 0.3) is 0 Å². The summed E-state index contributed by atoms with van der Waals surface area (Å²) in [6, 6.07) is 6.19. The largest absolute Gasteiger partial charge is 0.465 e. The Balaban J connectivity index is 2.43. The van der Waals surface area contributed by atoms with Gasteiger partial charge < -0.3 is 9.64 Å². The van der Waals surface area contributed by atoms with Gasteiger partial charge in [0.1, 0.15) is 6.07 Å². The predicted molar refractivity (Wildman–Crippen MR) is 64.5 cm³/mol. The first-order valence-electron chi connectivity index (χ1n) is 5.51. The molecular weight excluding hydrogens is 248 g/mol. The third-order valence-corrected chi connectivity index (χ3v) is 2.81. The third-order valence-electron chi connectivity index (χ3n) is 2.81. The van der Waals surface area contributed by atoms with E-state index in [2.05, 4.69) is 4.74 Å². The van der Waals surface area contributed by atoms with Gasteiger partial charge in [0, 0.05) is 0 Å². The molecule has 96 valence electrons. The molecule has 1 heterocycles. The highest BCUT2D eigenvalue weighted by molar-refractivity contribution is 6.15. The smallest absolute Gasteiger partial charge is 0.337 e. The molecule has 1 saturated heterocycles. The van der Waals surface area contributed by atoms with Gasteiger partial charge in [-0.1, -0.05) is 0 Å². The van der Waals surface area contributed by atoms with Crippen molar-refractivity contribution in [1.29, 1.82) is 5.26 Å². The Labute approximate surface area is 109 Å². The lowest BCUT2D eigenvalue weighted by atomic mass is 10.1. The van der Waals surface area contributed by atoms with Crippen LogP contribution in [-0.4, -0.2) is 31.3 Å². The maximum atomic E-state index is 11.6. The predicted octanol–water partition coefficient (Wildman–Crippen LogP) is 0.651. The number of Topliss-reactive ketones (excluding diaryl/α,β-unsaturated/α-hetero) is 1.